The number of aromatic nitrogens is 2. The predicted molar refractivity (Wildman–Crippen MR) is 72.4 cm³/mol. The van der Waals surface area contributed by atoms with E-state index in [2.05, 4.69) is 9.97 Å². The smallest absolute Gasteiger partial charge is 0.194 e. The van der Waals surface area contributed by atoms with Crippen molar-refractivity contribution in [2.24, 2.45) is 0 Å². The van der Waals surface area contributed by atoms with Gasteiger partial charge < -0.3 is 4.74 Å². The van der Waals surface area contributed by atoms with Crippen molar-refractivity contribution in [3.05, 3.63) is 53.6 Å². The Morgan fingerprint density at radius 1 is 1.21 bits per heavy atom. The maximum Gasteiger partial charge on any atom is 0.194 e. The summed E-state index contributed by atoms with van der Waals surface area (Å²) in [7, 11) is 0. The van der Waals surface area contributed by atoms with Crippen LogP contribution in [-0.2, 0) is 0 Å². The fourth-order valence-electron chi connectivity index (χ4n) is 1.73. The molecule has 0 atom stereocenters. The van der Waals surface area contributed by atoms with Crippen LogP contribution in [0.5, 0.6) is 5.75 Å². The molecule has 2 aromatic heterocycles. The molecule has 0 radical (unpaired) electrons. The fourth-order valence-corrected chi connectivity index (χ4v) is 1.73. The van der Waals surface area contributed by atoms with E-state index in [-0.39, 0.29) is 11.9 Å². The van der Waals surface area contributed by atoms with E-state index < -0.39 is 0 Å². The monoisotopic (exact) mass is 256 g/mol. The summed E-state index contributed by atoms with van der Waals surface area (Å²) in [5.74, 6) is 0.527. The molecule has 98 valence electrons. The molecule has 0 aliphatic heterocycles. The molecule has 0 aromatic carbocycles. The van der Waals surface area contributed by atoms with Gasteiger partial charge in [0.25, 0.3) is 0 Å². The highest BCUT2D eigenvalue weighted by molar-refractivity contribution is 6.08. The summed E-state index contributed by atoms with van der Waals surface area (Å²) in [4.78, 5) is 20.4. The molecule has 0 saturated heterocycles. The van der Waals surface area contributed by atoms with Gasteiger partial charge in [-0.15, -0.1) is 0 Å². The minimum atomic E-state index is -0.0767. The second kappa shape index (κ2) is 5.61. The molecule has 2 aromatic rings. The van der Waals surface area contributed by atoms with Crippen LogP contribution in [0.15, 0.2) is 36.8 Å². The SMILES string of the molecule is Cc1cc(C(=O)c2cncc(OC(C)C)c2)ccn1. The van der Waals surface area contributed by atoms with Gasteiger partial charge in [-0.1, -0.05) is 0 Å². The summed E-state index contributed by atoms with van der Waals surface area (Å²) in [6.07, 6.45) is 4.83. The zero-order chi connectivity index (χ0) is 13.8. The van der Waals surface area contributed by atoms with Gasteiger partial charge in [0.05, 0.1) is 12.3 Å². The van der Waals surface area contributed by atoms with Crippen molar-refractivity contribution in [1.29, 1.82) is 0 Å². The molecule has 0 fully saturated rings. The van der Waals surface area contributed by atoms with E-state index in [0.717, 1.165) is 5.69 Å². The van der Waals surface area contributed by atoms with E-state index in [9.17, 15) is 4.79 Å². The summed E-state index contributed by atoms with van der Waals surface area (Å²) in [6.45, 7) is 5.72. The Bertz CT molecular complexity index is 594. The molecule has 2 rings (SSSR count). The van der Waals surface area contributed by atoms with Gasteiger partial charge >= 0.3 is 0 Å². The van der Waals surface area contributed by atoms with Crippen LogP contribution >= 0.6 is 0 Å². The minimum Gasteiger partial charge on any atom is -0.489 e. The summed E-state index contributed by atoms with van der Waals surface area (Å²) in [5, 5.41) is 0. The number of hydrogen-bond acceptors (Lipinski definition) is 4. The van der Waals surface area contributed by atoms with E-state index in [4.69, 9.17) is 4.74 Å². The normalized spacial score (nSPS) is 10.5. The van der Waals surface area contributed by atoms with Gasteiger partial charge in [-0.2, -0.15) is 0 Å². The maximum absolute atomic E-state index is 12.3. The van der Waals surface area contributed by atoms with Crippen molar-refractivity contribution < 1.29 is 9.53 Å². The highest BCUT2D eigenvalue weighted by atomic mass is 16.5. The Morgan fingerprint density at radius 3 is 2.68 bits per heavy atom. The van der Waals surface area contributed by atoms with E-state index in [1.54, 1.807) is 36.8 Å². The van der Waals surface area contributed by atoms with Crippen molar-refractivity contribution >= 4 is 5.78 Å². The third-order valence-electron chi connectivity index (χ3n) is 2.51. The number of ketones is 1. The van der Waals surface area contributed by atoms with Gasteiger partial charge in [0.2, 0.25) is 0 Å². The molecule has 19 heavy (non-hydrogen) atoms. The minimum absolute atomic E-state index is 0.0512. The average Bonchev–Trinajstić information content (AvgIpc) is 2.37. The Kier molecular flexibility index (Phi) is 3.90. The van der Waals surface area contributed by atoms with Crippen molar-refractivity contribution in [1.82, 2.24) is 9.97 Å². The highest BCUT2D eigenvalue weighted by Crippen LogP contribution is 2.16. The van der Waals surface area contributed by atoms with Crippen LogP contribution in [0.2, 0.25) is 0 Å². The van der Waals surface area contributed by atoms with Crippen molar-refractivity contribution in [2.45, 2.75) is 26.9 Å². The Morgan fingerprint density at radius 2 is 2.00 bits per heavy atom. The lowest BCUT2D eigenvalue weighted by atomic mass is 10.1. The lowest BCUT2D eigenvalue weighted by Crippen LogP contribution is -2.08. The van der Waals surface area contributed by atoms with E-state index in [1.165, 1.54) is 0 Å². The molecule has 0 aliphatic carbocycles. The maximum atomic E-state index is 12.3. The summed E-state index contributed by atoms with van der Waals surface area (Å²) in [5.41, 5.74) is 1.94. The van der Waals surface area contributed by atoms with Crippen LogP contribution in [0, 0.1) is 6.92 Å². The number of ether oxygens (including phenoxy) is 1. The van der Waals surface area contributed by atoms with Crippen LogP contribution in [0.25, 0.3) is 0 Å². The molecule has 4 heteroatoms. The number of carbonyl (C=O) groups excluding carboxylic acids is 1. The molecule has 0 spiro atoms. The molecular formula is C15H16N2O2. The highest BCUT2D eigenvalue weighted by Gasteiger charge is 2.11. The van der Waals surface area contributed by atoms with Gasteiger partial charge in [-0.25, -0.2) is 0 Å². The Labute approximate surface area is 112 Å². The number of rotatable bonds is 4. The molecule has 4 nitrogen and oxygen atoms in total. The van der Waals surface area contributed by atoms with Crippen molar-refractivity contribution in [2.75, 3.05) is 0 Å². The number of aryl methyl sites for hydroxylation is 1. The average molecular weight is 256 g/mol. The quantitative estimate of drug-likeness (QED) is 0.789. The predicted octanol–water partition coefficient (Wildman–Crippen LogP) is 2.80. The van der Waals surface area contributed by atoms with Gasteiger partial charge in [-0.3, -0.25) is 14.8 Å². The molecule has 0 unspecified atom stereocenters. The second-order valence-corrected chi connectivity index (χ2v) is 4.59. The summed E-state index contributed by atoms with van der Waals surface area (Å²) < 4.78 is 5.54. The van der Waals surface area contributed by atoms with Gasteiger partial charge in [0, 0.05) is 29.2 Å². The zero-order valence-electron chi connectivity index (χ0n) is 11.3. The lowest BCUT2D eigenvalue weighted by Gasteiger charge is -2.10. The van der Waals surface area contributed by atoms with E-state index in [0.29, 0.717) is 16.9 Å². The topological polar surface area (TPSA) is 52.1 Å². The van der Waals surface area contributed by atoms with E-state index in [1.807, 2.05) is 20.8 Å². The number of carbonyl (C=O) groups is 1. The van der Waals surface area contributed by atoms with Crippen molar-refractivity contribution in [3.63, 3.8) is 0 Å². The van der Waals surface area contributed by atoms with Gasteiger partial charge in [0.1, 0.15) is 5.75 Å². The first-order valence-corrected chi connectivity index (χ1v) is 6.15. The number of pyridine rings is 2. The van der Waals surface area contributed by atoms with Gasteiger partial charge in [-0.05, 0) is 39.0 Å². The van der Waals surface area contributed by atoms with Crippen LogP contribution in [0.4, 0.5) is 0 Å². The standard InChI is InChI=1S/C15H16N2O2/c1-10(2)19-14-7-13(8-16-9-14)15(18)12-4-5-17-11(3)6-12/h4-10H,1-3H3. The molecule has 0 bridgehead atoms. The lowest BCUT2D eigenvalue weighted by molar-refractivity contribution is 0.103. The van der Waals surface area contributed by atoms with E-state index >= 15 is 0 Å². The van der Waals surface area contributed by atoms with Crippen LogP contribution in [-0.4, -0.2) is 21.9 Å². The Hall–Kier alpha value is -2.23. The summed E-state index contributed by atoms with van der Waals surface area (Å²) in [6, 6.07) is 5.18. The molecule has 0 amide bonds. The molecule has 2 heterocycles. The van der Waals surface area contributed by atoms with Gasteiger partial charge in [0.15, 0.2) is 5.78 Å². The zero-order valence-corrected chi connectivity index (χ0v) is 11.3. The molecule has 0 N–H and O–H groups in total. The first-order valence-electron chi connectivity index (χ1n) is 6.15. The second-order valence-electron chi connectivity index (χ2n) is 4.59. The van der Waals surface area contributed by atoms with Crippen LogP contribution < -0.4 is 4.74 Å². The van der Waals surface area contributed by atoms with Crippen LogP contribution in [0.3, 0.4) is 0 Å². The first-order chi connectivity index (χ1) is 9.06. The summed E-state index contributed by atoms with van der Waals surface area (Å²) >= 11 is 0. The molecule has 0 saturated carbocycles. The van der Waals surface area contributed by atoms with Crippen molar-refractivity contribution in [3.8, 4) is 5.75 Å². The molecular weight excluding hydrogens is 240 g/mol. The fraction of sp³-hybridized carbons (Fsp3) is 0.267. The third kappa shape index (κ3) is 3.37. The number of hydrogen-bond donors (Lipinski definition) is 0. The third-order valence-corrected chi connectivity index (χ3v) is 2.51. The largest absolute Gasteiger partial charge is 0.489 e. The number of nitrogens with zero attached hydrogens (tertiary/aromatic N) is 2. The van der Waals surface area contributed by atoms with Crippen LogP contribution in [0.1, 0.15) is 35.5 Å². The first kappa shape index (κ1) is 13.2. The molecule has 0 aliphatic rings. The Balaban J connectivity index is 2.29.